The van der Waals surface area contributed by atoms with Gasteiger partial charge in [-0.25, -0.2) is 8.42 Å². The molecule has 8 heteroatoms. The summed E-state index contributed by atoms with van der Waals surface area (Å²) in [4.78, 5) is 12.2. The Kier molecular flexibility index (Phi) is 6.63. The summed E-state index contributed by atoms with van der Waals surface area (Å²) in [5.41, 5.74) is 1.51. The maximum absolute atomic E-state index is 12.6. The first-order chi connectivity index (χ1) is 12.2. The Labute approximate surface area is 158 Å². The largest absolute Gasteiger partial charge is 0.495 e. The molecule has 0 aliphatic rings. The lowest BCUT2D eigenvalue weighted by atomic mass is 10.2. The molecule has 140 valence electrons. The number of hydrogen-bond donors (Lipinski definition) is 2. The Hall–Kier alpha value is -2.09. The number of nitrogens with one attached hydrogen (secondary N) is 2. The molecule has 0 heterocycles. The van der Waals surface area contributed by atoms with Crippen molar-refractivity contribution in [3.8, 4) is 5.75 Å². The maximum Gasteiger partial charge on any atom is 0.244 e. The minimum atomic E-state index is -3.92. The van der Waals surface area contributed by atoms with E-state index in [0.717, 1.165) is 11.1 Å². The van der Waals surface area contributed by atoms with Gasteiger partial charge in [0, 0.05) is 11.6 Å². The molecule has 1 atom stereocenters. The summed E-state index contributed by atoms with van der Waals surface area (Å²) in [6.45, 7) is 3.46. The minimum Gasteiger partial charge on any atom is -0.495 e. The molecule has 2 rings (SSSR count). The summed E-state index contributed by atoms with van der Waals surface area (Å²) in [7, 11) is -2.53. The topological polar surface area (TPSA) is 84.5 Å². The van der Waals surface area contributed by atoms with Crippen LogP contribution in [0.3, 0.4) is 0 Å². The molecule has 0 saturated carbocycles. The summed E-state index contributed by atoms with van der Waals surface area (Å²) in [6.07, 6.45) is 0. The van der Waals surface area contributed by atoms with Crippen LogP contribution < -0.4 is 14.8 Å². The predicted molar refractivity (Wildman–Crippen MR) is 101 cm³/mol. The Morgan fingerprint density at radius 1 is 1.23 bits per heavy atom. The summed E-state index contributed by atoms with van der Waals surface area (Å²) < 4.78 is 32.7. The Morgan fingerprint density at radius 2 is 1.92 bits per heavy atom. The molecule has 1 amide bonds. The number of methoxy groups -OCH3 is 1. The molecule has 0 aliphatic carbocycles. The summed E-state index contributed by atoms with van der Waals surface area (Å²) >= 11 is 6.05. The second kappa shape index (κ2) is 8.53. The van der Waals surface area contributed by atoms with Crippen molar-refractivity contribution in [2.45, 2.75) is 31.3 Å². The molecular formula is C18H21ClN2O4S. The van der Waals surface area contributed by atoms with Gasteiger partial charge in [0.1, 0.15) is 10.6 Å². The van der Waals surface area contributed by atoms with Crippen molar-refractivity contribution in [2.75, 3.05) is 7.11 Å². The Bertz CT molecular complexity index is 900. The number of aryl methyl sites for hydroxylation is 1. The second-order valence-electron chi connectivity index (χ2n) is 5.81. The third kappa shape index (κ3) is 4.97. The molecule has 0 radical (unpaired) electrons. The number of sulfonamides is 1. The zero-order valence-electron chi connectivity index (χ0n) is 14.7. The molecule has 2 aromatic carbocycles. The van der Waals surface area contributed by atoms with Crippen LogP contribution in [0.25, 0.3) is 0 Å². The molecule has 0 aromatic heterocycles. The van der Waals surface area contributed by atoms with E-state index in [1.165, 1.54) is 20.1 Å². The summed E-state index contributed by atoms with van der Waals surface area (Å²) in [5, 5.41) is 3.20. The molecule has 0 unspecified atom stereocenters. The summed E-state index contributed by atoms with van der Waals surface area (Å²) in [6, 6.07) is 11.0. The van der Waals surface area contributed by atoms with Gasteiger partial charge in [0.25, 0.3) is 0 Å². The maximum atomic E-state index is 12.6. The average Bonchev–Trinajstić information content (AvgIpc) is 2.60. The Morgan fingerprint density at radius 3 is 2.58 bits per heavy atom. The fourth-order valence-electron chi connectivity index (χ4n) is 2.32. The van der Waals surface area contributed by atoms with E-state index in [-0.39, 0.29) is 17.2 Å². The standard InChI is InChI=1S/C18H21ClN2O4S/c1-12-8-9-16(25-3)17(10-12)26(23,24)21-13(2)18(22)20-11-14-6-4-5-7-15(14)19/h4-10,13,21H,11H2,1-3H3,(H,20,22)/t13-/m1/s1. The third-order valence-electron chi connectivity index (χ3n) is 3.74. The number of ether oxygens (including phenoxy) is 1. The smallest absolute Gasteiger partial charge is 0.244 e. The van der Waals surface area contributed by atoms with Crippen molar-refractivity contribution in [1.82, 2.24) is 10.0 Å². The number of benzene rings is 2. The van der Waals surface area contributed by atoms with Crippen LogP contribution in [-0.2, 0) is 21.4 Å². The van der Waals surface area contributed by atoms with Gasteiger partial charge in [-0.15, -0.1) is 0 Å². The molecule has 2 N–H and O–H groups in total. The van der Waals surface area contributed by atoms with Gasteiger partial charge in [0.15, 0.2) is 0 Å². The van der Waals surface area contributed by atoms with E-state index in [1.54, 1.807) is 37.3 Å². The number of rotatable bonds is 7. The molecule has 2 aromatic rings. The third-order valence-corrected chi connectivity index (χ3v) is 5.68. The van der Waals surface area contributed by atoms with Crippen LogP contribution in [0.5, 0.6) is 5.75 Å². The van der Waals surface area contributed by atoms with E-state index in [1.807, 2.05) is 6.07 Å². The summed E-state index contributed by atoms with van der Waals surface area (Å²) in [5.74, 6) is -0.244. The highest BCUT2D eigenvalue weighted by Gasteiger charge is 2.25. The number of halogens is 1. The number of amides is 1. The van der Waals surface area contributed by atoms with Crippen LogP contribution in [0.4, 0.5) is 0 Å². The monoisotopic (exact) mass is 396 g/mol. The van der Waals surface area contributed by atoms with Gasteiger partial charge < -0.3 is 10.1 Å². The lowest BCUT2D eigenvalue weighted by molar-refractivity contribution is -0.122. The molecule has 0 bridgehead atoms. The molecule has 26 heavy (non-hydrogen) atoms. The number of hydrogen-bond acceptors (Lipinski definition) is 4. The fourth-order valence-corrected chi connectivity index (χ4v) is 3.98. The lowest BCUT2D eigenvalue weighted by Gasteiger charge is -2.16. The average molecular weight is 397 g/mol. The zero-order chi connectivity index (χ0) is 19.3. The van der Waals surface area contributed by atoms with E-state index in [4.69, 9.17) is 16.3 Å². The van der Waals surface area contributed by atoms with Gasteiger partial charge in [-0.1, -0.05) is 35.9 Å². The first-order valence-electron chi connectivity index (χ1n) is 7.92. The van der Waals surface area contributed by atoms with Crippen molar-refractivity contribution in [3.63, 3.8) is 0 Å². The van der Waals surface area contributed by atoms with Crippen molar-refractivity contribution in [3.05, 3.63) is 58.6 Å². The van der Waals surface area contributed by atoms with E-state index in [0.29, 0.717) is 5.02 Å². The van der Waals surface area contributed by atoms with Crippen LogP contribution in [0.1, 0.15) is 18.1 Å². The molecule has 6 nitrogen and oxygen atoms in total. The highest BCUT2D eigenvalue weighted by atomic mass is 35.5. The highest BCUT2D eigenvalue weighted by molar-refractivity contribution is 7.89. The van der Waals surface area contributed by atoms with Crippen LogP contribution in [-0.4, -0.2) is 27.5 Å². The van der Waals surface area contributed by atoms with Gasteiger partial charge in [-0.2, -0.15) is 4.72 Å². The van der Waals surface area contributed by atoms with Crippen molar-refractivity contribution in [2.24, 2.45) is 0 Å². The van der Waals surface area contributed by atoms with Crippen LogP contribution in [0, 0.1) is 6.92 Å². The van der Waals surface area contributed by atoms with Crippen LogP contribution >= 0.6 is 11.6 Å². The molecule has 0 spiro atoms. The van der Waals surface area contributed by atoms with Crippen molar-refractivity contribution < 1.29 is 17.9 Å². The Balaban J connectivity index is 2.08. The normalized spacial score (nSPS) is 12.5. The van der Waals surface area contributed by atoms with Gasteiger partial charge in [-0.3, -0.25) is 4.79 Å². The van der Waals surface area contributed by atoms with E-state index >= 15 is 0 Å². The first-order valence-corrected chi connectivity index (χ1v) is 9.79. The van der Waals surface area contributed by atoms with Gasteiger partial charge in [0.05, 0.1) is 13.2 Å². The highest BCUT2D eigenvalue weighted by Crippen LogP contribution is 2.24. The molecule has 0 aliphatic heterocycles. The number of carbonyl (C=O) groups is 1. The van der Waals surface area contributed by atoms with Gasteiger partial charge in [0.2, 0.25) is 15.9 Å². The van der Waals surface area contributed by atoms with Crippen molar-refractivity contribution in [1.29, 1.82) is 0 Å². The van der Waals surface area contributed by atoms with Crippen LogP contribution in [0.2, 0.25) is 5.02 Å². The zero-order valence-corrected chi connectivity index (χ0v) is 16.3. The van der Waals surface area contributed by atoms with Gasteiger partial charge >= 0.3 is 0 Å². The number of carbonyl (C=O) groups excluding carboxylic acids is 1. The van der Waals surface area contributed by atoms with E-state index in [2.05, 4.69) is 10.0 Å². The first kappa shape index (κ1) is 20.2. The molecular weight excluding hydrogens is 376 g/mol. The second-order valence-corrected chi connectivity index (χ2v) is 7.90. The predicted octanol–water partition coefficient (Wildman–Crippen LogP) is 2.64. The van der Waals surface area contributed by atoms with Crippen molar-refractivity contribution >= 4 is 27.5 Å². The lowest BCUT2D eigenvalue weighted by Crippen LogP contribution is -2.44. The quantitative estimate of drug-likeness (QED) is 0.753. The minimum absolute atomic E-state index is 0.00856. The van der Waals surface area contributed by atoms with Crippen LogP contribution in [0.15, 0.2) is 47.4 Å². The SMILES string of the molecule is COc1ccc(C)cc1S(=O)(=O)N[C@H](C)C(=O)NCc1ccccc1Cl. The van der Waals surface area contributed by atoms with E-state index in [9.17, 15) is 13.2 Å². The fraction of sp³-hybridized carbons (Fsp3) is 0.278. The van der Waals surface area contributed by atoms with Gasteiger partial charge in [-0.05, 0) is 43.2 Å². The van der Waals surface area contributed by atoms with E-state index < -0.39 is 22.0 Å². The molecule has 0 saturated heterocycles. The molecule has 0 fully saturated rings.